The molecule has 16 heavy (non-hydrogen) atoms. The Kier molecular flexibility index (Phi) is 4.99. The van der Waals surface area contributed by atoms with Crippen LogP contribution < -0.4 is 0 Å². The van der Waals surface area contributed by atoms with E-state index in [2.05, 4.69) is 55.9 Å². The lowest BCUT2D eigenvalue weighted by Gasteiger charge is -2.16. The summed E-state index contributed by atoms with van der Waals surface area (Å²) in [6.07, 6.45) is 2.27. The summed E-state index contributed by atoms with van der Waals surface area (Å²) < 4.78 is 0. The maximum atomic E-state index is 4.74. The van der Waals surface area contributed by atoms with Gasteiger partial charge in [-0.3, -0.25) is 0 Å². The van der Waals surface area contributed by atoms with Crippen LogP contribution in [0.5, 0.6) is 0 Å². The third-order valence-electron chi connectivity index (χ3n) is 2.82. The molecule has 1 rings (SSSR count). The normalized spacial score (nSPS) is 16.1. The predicted octanol–water partition coefficient (Wildman–Crippen LogP) is 4.79. The van der Waals surface area contributed by atoms with E-state index in [0.717, 1.165) is 6.42 Å². The molecular formula is C13H22BrNS. The number of hydrogen-bond donors (Lipinski definition) is 0. The van der Waals surface area contributed by atoms with Gasteiger partial charge in [0.2, 0.25) is 0 Å². The fraction of sp³-hybridized carbons (Fsp3) is 0.769. The van der Waals surface area contributed by atoms with Gasteiger partial charge in [0.05, 0.1) is 10.7 Å². The number of halogens is 1. The van der Waals surface area contributed by atoms with E-state index in [0.29, 0.717) is 10.7 Å². The Morgan fingerprint density at radius 2 is 2.06 bits per heavy atom. The molecule has 92 valence electrons. The second kappa shape index (κ2) is 5.63. The van der Waals surface area contributed by atoms with Crippen LogP contribution in [0.3, 0.4) is 0 Å². The first-order chi connectivity index (χ1) is 7.34. The summed E-state index contributed by atoms with van der Waals surface area (Å²) in [6.45, 7) is 11.2. The molecule has 0 aromatic carbocycles. The largest absolute Gasteiger partial charge is 0.246 e. The summed E-state index contributed by atoms with van der Waals surface area (Å²) >= 11 is 5.52. The minimum absolute atomic E-state index is 0.177. The SMILES string of the molecule is CCC(Br)C(C)Cc1nc(C(C)(C)C)cs1. The van der Waals surface area contributed by atoms with Crippen LogP contribution in [0.15, 0.2) is 5.38 Å². The molecule has 3 heteroatoms. The van der Waals surface area contributed by atoms with Crippen LogP contribution in [-0.2, 0) is 11.8 Å². The van der Waals surface area contributed by atoms with E-state index in [9.17, 15) is 0 Å². The molecule has 0 aliphatic heterocycles. The van der Waals surface area contributed by atoms with Gasteiger partial charge >= 0.3 is 0 Å². The van der Waals surface area contributed by atoms with E-state index in [1.54, 1.807) is 11.3 Å². The van der Waals surface area contributed by atoms with Crippen molar-refractivity contribution in [1.82, 2.24) is 4.98 Å². The van der Waals surface area contributed by atoms with E-state index < -0.39 is 0 Å². The van der Waals surface area contributed by atoms with Gasteiger partial charge in [0, 0.05) is 22.0 Å². The van der Waals surface area contributed by atoms with Crippen molar-refractivity contribution in [1.29, 1.82) is 0 Å². The third-order valence-corrected chi connectivity index (χ3v) is 5.25. The Morgan fingerprint density at radius 1 is 1.44 bits per heavy atom. The zero-order valence-corrected chi connectivity index (χ0v) is 13.3. The number of hydrogen-bond acceptors (Lipinski definition) is 2. The molecule has 0 aliphatic carbocycles. The van der Waals surface area contributed by atoms with Gasteiger partial charge in [-0.05, 0) is 12.3 Å². The quantitative estimate of drug-likeness (QED) is 0.729. The fourth-order valence-corrected chi connectivity index (χ4v) is 2.91. The van der Waals surface area contributed by atoms with E-state index in [1.807, 2.05) is 0 Å². The van der Waals surface area contributed by atoms with Crippen LogP contribution in [0.4, 0.5) is 0 Å². The average molecular weight is 304 g/mol. The minimum Gasteiger partial charge on any atom is -0.246 e. The lowest BCUT2D eigenvalue weighted by atomic mass is 9.93. The summed E-state index contributed by atoms with van der Waals surface area (Å²) in [7, 11) is 0. The van der Waals surface area contributed by atoms with Crippen molar-refractivity contribution in [3.8, 4) is 0 Å². The Labute approximate surface area is 112 Å². The highest BCUT2D eigenvalue weighted by Gasteiger charge is 2.19. The molecule has 0 amide bonds. The first-order valence-electron chi connectivity index (χ1n) is 5.93. The summed E-state index contributed by atoms with van der Waals surface area (Å²) in [5.41, 5.74) is 1.40. The summed E-state index contributed by atoms with van der Waals surface area (Å²) in [6, 6.07) is 0. The van der Waals surface area contributed by atoms with Crippen molar-refractivity contribution in [2.45, 2.75) is 57.7 Å². The maximum Gasteiger partial charge on any atom is 0.0931 e. The van der Waals surface area contributed by atoms with E-state index >= 15 is 0 Å². The molecule has 1 aromatic heterocycles. The smallest absolute Gasteiger partial charge is 0.0931 e. The Bertz CT molecular complexity index is 327. The number of alkyl halides is 1. The average Bonchev–Trinajstić information content (AvgIpc) is 2.64. The Balaban J connectivity index is 2.66. The molecule has 0 saturated carbocycles. The van der Waals surface area contributed by atoms with Gasteiger partial charge in [-0.25, -0.2) is 4.98 Å². The van der Waals surface area contributed by atoms with Crippen LogP contribution >= 0.6 is 27.3 Å². The molecule has 0 spiro atoms. The van der Waals surface area contributed by atoms with Gasteiger partial charge in [-0.1, -0.05) is 50.5 Å². The molecule has 0 radical (unpaired) electrons. The Morgan fingerprint density at radius 3 is 2.50 bits per heavy atom. The van der Waals surface area contributed by atoms with Crippen LogP contribution in [0.1, 0.15) is 51.7 Å². The highest BCUT2D eigenvalue weighted by atomic mass is 79.9. The number of aromatic nitrogens is 1. The predicted molar refractivity (Wildman–Crippen MR) is 76.7 cm³/mol. The van der Waals surface area contributed by atoms with Gasteiger partial charge in [0.15, 0.2) is 0 Å². The third kappa shape index (κ3) is 3.85. The summed E-state index contributed by atoms with van der Waals surface area (Å²) in [5, 5.41) is 3.48. The lowest BCUT2D eigenvalue weighted by Crippen LogP contribution is -2.14. The first-order valence-corrected chi connectivity index (χ1v) is 7.73. The first kappa shape index (κ1) is 14.2. The van der Waals surface area contributed by atoms with Crippen molar-refractivity contribution in [3.63, 3.8) is 0 Å². The zero-order chi connectivity index (χ0) is 12.3. The van der Waals surface area contributed by atoms with Gasteiger partial charge < -0.3 is 0 Å². The molecular weight excluding hydrogens is 282 g/mol. The van der Waals surface area contributed by atoms with Crippen molar-refractivity contribution < 1.29 is 0 Å². The maximum absolute atomic E-state index is 4.74. The molecule has 0 bridgehead atoms. The zero-order valence-electron chi connectivity index (χ0n) is 10.9. The molecule has 0 N–H and O–H groups in total. The van der Waals surface area contributed by atoms with Crippen molar-refractivity contribution in [2.24, 2.45) is 5.92 Å². The number of rotatable bonds is 4. The van der Waals surface area contributed by atoms with Crippen molar-refractivity contribution in [3.05, 3.63) is 16.1 Å². The number of nitrogens with zero attached hydrogens (tertiary/aromatic N) is 1. The van der Waals surface area contributed by atoms with E-state index in [1.165, 1.54) is 17.1 Å². The molecule has 1 nitrogen and oxygen atoms in total. The fourth-order valence-electron chi connectivity index (χ4n) is 1.55. The molecule has 2 atom stereocenters. The van der Waals surface area contributed by atoms with Crippen LogP contribution in [0.2, 0.25) is 0 Å². The van der Waals surface area contributed by atoms with Crippen molar-refractivity contribution >= 4 is 27.3 Å². The topological polar surface area (TPSA) is 12.9 Å². The highest BCUT2D eigenvalue weighted by molar-refractivity contribution is 9.09. The van der Waals surface area contributed by atoms with E-state index in [-0.39, 0.29) is 5.41 Å². The second-order valence-corrected chi connectivity index (χ2v) is 7.60. The lowest BCUT2D eigenvalue weighted by molar-refractivity contribution is 0.535. The molecule has 0 aliphatic rings. The Hall–Kier alpha value is 0.110. The second-order valence-electron chi connectivity index (χ2n) is 5.48. The molecule has 2 unspecified atom stereocenters. The van der Waals surface area contributed by atoms with Gasteiger partial charge in [0.1, 0.15) is 0 Å². The van der Waals surface area contributed by atoms with E-state index in [4.69, 9.17) is 4.98 Å². The van der Waals surface area contributed by atoms with Gasteiger partial charge in [0.25, 0.3) is 0 Å². The number of thiazole rings is 1. The van der Waals surface area contributed by atoms with Gasteiger partial charge in [-0.2, -0.15) is 0 Å². The molecule has 1 heterocycles. The minimum atomic E-state index is 0.177. The van der Waals surface area contributed by atoms with Crippen LogP contribution in [0.25, 0.3) is 0 Å². The summed E-state index contributed by atoms with van der Waals surface area (Å²) in [5.74, 6) is 0.656. The highest BCUT2D eigenvalue weighted by Crippen LogP contribution is 2.27. The van der Waals surface area contributed by atoms with Crippen LogP contribution in [-0.4, -0.2) is 9.81 Å². The van der Waals surface area contributed by atoms with Crippen molar-refractivity contribution in [2.75, 3.05) is 0 Å². The monoisotopic (exact) mass is 303 g/mol. The standard InChI is InChI=1S/C13H22BrNS/c1-6-10(14)9(2)7-12-15-11(8-16-12)13(3,4)5/h8-10H,6-7H2,1-5H3. The molecule has 0 fully saturated rings. The summed E-state index contributed by atoms with van der Waals surface area (Å²) in [4.78, 5) is 5.34. The van der Waals surface area contributed by atoms with Gasteiger partial charge in [-0.15, -0.1) is 11.3 Å². The van der Waals surface area contributed by atoms with Crippen LogP contribution in [0, 0.1) is 5.92 Å². The molecule has 1 aromatic rings. The molecule has 0 saturated heterocycles.